The van der Waals surface area contributed by atoms with Gasteiger partial charge in [0.05, 0.1) is 6.10 Å². The van der Waals surface area contributed by atoms with Crippen molar-refractivity contribution >= 4 is 5.97 Å². The summed E-state index contributed by atoms with van der Waals surface area (Å²) in [4.78, 5) is 10.4. The van der Waals surface area contributed by atoms with Crippen LogP contribution in [-0.2, 0) is 14.3 Å². The van der Waals surface area contributed by atoms with Gasteiger partial charge < -0.3 is 9.47 Å². The average Bonchev–Trinajstić information content (AvgIpc) is 2.31. The van der Waals surface area contributed by atoms with Crippen LogP contribution >= 0.6 is 0 Å². The number of ether oxygens (including phenoxy) is 2. The van der Waals surface area contributed by atoms with Crippen molar-refractivity contribution in [1.29, 1.82) is 0 Å². The molecule has 0 aromatic carbocycles. The van der Waals surface area contributed by atoms with Gasteiger partial charge in [-0.25, -0.2) is 0 Å². The predicted octanol–water partition coefficient (Wildman–Crippen LogP) is 0.974. The molecule has 1 unspecified atom stereocenters. The summed E-state index contributed by atoms with van der Waals surface area (Å²) in [5.41, 5.74) is 0. The fourth-order valence-corrected chi connectivity index (χ4v) is 1.17. The summed E-state index contributed by atoms with van der Waals surface area (Å²) >= 11 is 0. The van der Waals surface area contributed by atoms with Crippen molar-refractivity contribution in [2.45, 2.75) is 26.4 Å². The monoisotopic (exact) mass is 158 g/mol. The highest BCUT2D eigenvalue weighted by Crippen LogP contribution is 2.19. The molecule has 0 bridgehead atoms. The van der Waals surface area contributed by atoms with Crippen molar-refractivity contribution in [2.75, 3.05) is 13.2 Å². The van der Waals surface area contributed by atoms with Crippen LogP contribution < -0.4 is 0 Å². The fourth-order valence-electron chi connectivity index (χ4n) is 1.17. The van der Waals surface area contributed by atoms with Crippen LogP contribution in [-0.4, -0.2) is 25.3 Å². The number of carbonyl (C=O) groups excluding carboxylic acids is 1. The zero-order valence-corrected chi connectivity index (χ0v) is 7.00. The van der Waals surface area contributed by atoms with E-state index in [1.54, 1.807) is 0 Å². The van der Waals surface area contributed by atoms with Gasteiger partial charge in [-0.15, -0.1) is 0 Å². The highest BCUT2D eigenvalue weighted by molar-refractivity contribution is 5.65. The number of rotatable bonds is 2. The molecule has 1 aliphatic rings. The van der Waals surface area contributed by atoms with Gasteiger partial charge >= 0.3 is 5.97 Å². The maximum Gasteiger partial charge on any atom is 0.302 e. The standard InChI is InChI=1S/C8H14O3/c1-6-3-4-10-8(6)5-11-7(2)9/h6,8H,3-5H2,1-2H3/t6?,8-/m1/s1. The molecule has 0 aliphatic carbocycles. The molecule has 11 heavy (non-hydrogen) atoms. The van der Waals surface area contributed by atoms with E-state index in [9.17, 15) is 4.79 Å². The van der Waals surface area contributed by atoms with Crippen LogP contribution in [0.4, 0.5) is 0 Å². The first kappa shape index (κ1) is 8.53. The summed E-state index contributed by atoms with van der Waals surface area (Å²) in [6.07, 6.45) is 1.20. The molecule has 0 amide bonds. The van der Waals surface area contributed by atoms with E-state index in [4.69, 9.17) is 9.47 Å². The van der Waals surface area contributed by atoms with Gasteiger partial charge in [-0.1, -0.05) is 6.92 Å². The van der Waals surface area contributed by atoms with Crippen LogP contribution in [0.3, 0.4) is 0 Å². The Morgan fingerprint density at radius 3 is 2.91 bits per heavy atom. The van der Waals surface area contributed by atoms with Crippen molar-refractivity contribution in [3.8, 4) is 0 Å². The molecule has 64 valence electrons. The van der Waals surface area contributed by atoms with Crippen LogP contribution in [0, 0.1) is 5.92 Å². The van der Waals surface area contributed by atoms with Crippen LogP contribution in [0.1, 0.15) is 20.3 Å². The quantitative estimate of drug-likeness (QED) is 0.562. The van der Waals surface area contributed by atoms with Gasteiger partial charge in [0.2, 0.25) is 0 Å². The van der Waals surface area contributed by atoms with Crippen molar-refractivity contribution < 1.29 is 14.3 Å². The lowest BCUT2D eigenvalue weighted by molar-refractivity contribution is -0.144. The van der Waals surface area contributed by atoms with E-state index in [0.29, 0.717) is 12.5 Å². The molecule has 3 nitrogen and oxygen atoms in total. The Morgan fingerprint density at radius 2 is 2.45 bits per heavy atom. The van der Waals surface area contributed by atoms with E-state index in [0.717, 1.165) is 13.0 Å². The number of hydrogen-bond donors (Lipinski definition) is 0. The molecule has 3 heteroatoms. The van der Waals surface area contributed by atoms with Crippen LogP contribution in [0.25, 0.3) is 0 Å². The first-order valence-corrected chi connectivity index (χ1v) is 3.95. The largest absolute Gasteiger partial charge is 0.463 e. The average molecular weight is 158 g/mol. The van der Waals surface area contributed by atoms with Gasteiger partial charge in [0.25, 0.3) is 0 Å². The van der Waals surface area contributed by atoms with E-state index in [1.165, 1.54) is 6.92 Å². The van der Waals surface area contributed by atoms with Gasteiger partial charge in [0.1, 0.15) is 6.61 Å². The molecule has 0 aromatic rings. The normalized spacial score (nSPS) is 30.4. The first-order chi connectivity index (χ1) is 5.20. The maximum atomic E-state index is 10.4. The van der Waals surface area contributed by atoms with Crippen molar-refractivity contribution in [2.24, 2.45) is 5.92 Å². The minimum Gasteiger partial charge on any atom is -0.463 e. The second kappa shape index (κ2) is 3.72. The van der Waals surface area contributed by atoms with Crippen LogP contribution in [0.15, 0.2) is 0 Å². The Balaban J connectivity index is 2.20. The zero-order chi connectivity index (χ0) is 8.27. The molecule has 0 aromatic heterocycles. The Kier molecular flexibility index (Phi) is 2.88. The van der Waals surface area contributed by atoms with Gasteiger partial charge in [-0.3, -0.25) is 4.79 Å². The molecule has 0 radical (unpaired) electrons. The smallest absolute Gasteiger partial charge is 0.302 e. The van der Waals surface area contributed by atoms with E-state index >= 15 is 0 Å². The number of hydrogen-bond acceptors (Lipinski definition) is 3. The Bertz CT molecular complexity index is 144. The molecule has 1 rings (SSSR count). The molecule has 1 saturated heterocycles. The van der Waals surface area contributed by atoms with Gasteiger partial charge in [-0.2, -0.15) is 0 Å². The van der Waals surface area contributed by atoms with Crippen LogP contribution in [0.2, 0.25) is 0 Å². The summed E-state index contributed by atoms with van der Waals surface area (Å²) in [5.74, 6) is 0.294. The highest BCUT2D eigenvalue weighted by atomic mass is 16.6. The third kappa shape index (κ3) is 2.50. The molecular formula is C8H14O3. The third-order valence-electron chi connectivity index (χ3n) is 1.99. The summed E-state index contributed by atoms with van der Waals surface area (Å²) in [5, 5.41) is 0. The summed E-state index contributed by atoms with van der Waals surface area (Å²) in [6.45, 7) is 4.74. The van der Waals surface area contributed by atoms with Gasteiger partial charge in [0.15, 0.2) is 0 Å². The highest BCUT2D eigenvalue weighted by Gasteiger charge is 2.24. The van der Waals surface area contributed by atoms with E-state index < -0.39 is 0 Å². The SMILES string of the molecule is CC(=O)OC[C@H]1OCCC1C. The third-order valence-corrected chi connectivity index (χ3v) is 1.99. The summed E-state index contributed by atoms with van der Waals surface area (Å²) in [6, 6.07) is 0. The lowest BCUT2D eigenvalue weighted by Crippen LogP contribution is -2.21. The van der Waals surface area contributed by atoms with E-state index in [2.05, 4.69) is 6.92 Å². The number of carbonyl (C=O) groups is 1. The molecule has 0 spiro atoms. The van der Waals surface area contributed by atoms with Gasteiger partial charge in [-0.05, 0) is 12.3 Å². The second-order valence-electron chi connectivity index (χ2n) is 2.98. The molecule has 2 atom stereocenters. The van der Waals surface area contributed by atoms with Gasteiger partial charge in [0, 0.05) is 13.5 Å². The first-order valence-electron chi connectivity index (χ1n) is 3.95. The summed E-state index contributed by atoms with van der Waals surface area (Å²) < 4.78 is 10.2. The minimum atomic E-state index is -0.229. The topological polar surface area (TPSA) is 35.5 Å². The second-order valence-corrected chi connectivity index (χ2v) is 2.98. The zero-order valence-electron chi connectivity index (χ0n) is 7.00. The lowest BCUT2D eigenvalue weighted by Gasteiger charge is -2.13. The van der Waals surface area contributed by atoms with Crippen molar-refractivity contribution in [3.63, 3.8) is 0 Å². The van der Waals surface area contributed by atoms with E-state index in [1.807, 2.05) is 0 Å². The Morgan fingerprint density at radius 1 is 1.73 bits per heavy atom. The molecule has 0 N–H and O–H groups in total. The molecular weight excluding hydrogens is 144 g/mol. The Labute approximate surface area is 66.7 Å². The number of esters is 1. The maximum absolute atomic E-state index is 10.4. The molecule has 1 fully saturated rings. The lowest BCUT2D eigenvalue weighted by atomic mass is 10.1. The van der Waals surface area contributed by atoms with Crippen LogP contribution in [0.5, 0.6) is 0 Å². The van der Waals surface area contributed by atoms with Crippen molar-refractivity contribution in [3.05, 3.63) is 0 Å². The Hall–Kier alpha value is -0.570. The summed E-state index contributed by atoms with van der Waals surface area (Å²) in [7, 11) is 0. The molecule has 1 heterocycles. The molecule has 1 aliphatic heterocycles. The fraction of sp³-hybridized carbons (Fsp3) is 0.875. The minimum absolute atomic E-state index is 0.124. The van der Waals surface area contributed by atoms with E-state index in [-0.39, 0.29) is 12.1 Å². The predicted molar refractivity (Wildman–Crippen MR) is 40.2 cm³/mol. The molecule has 0 saturated carbocycles. The van der Waals surface area contributed by atoms with Crippen molar-refractivity contribution in [1.82, 2.24) is 0 Å².